The fraction of sp³-hybridized carbons (Fsp3) is 0.375. The first-order chi connectivity index (χ1) is 10.4. The quantitative estimate of drug-likeness (QED) is 0.621. The number of hydrogen-bond donors (Lipinski definition) is 0. The zero-order valence-corrected chi connectivity index (χ0v) is 13.5. The molecule has 1 heterocycles. The van der Waals surface area contributed by atoms with E-state index >= 15 is 0 Å². The van der Waals surface area contributed by atoms with Crippen LogP contribution in [0.5, 0.6) is 5.88 Å². The van der Waals surface area contributed by atoms with Crippen LogP contribution in [0.25, 0.3) is 5.69 Å². The van der Waals surface area contributed by atoms with Gasteiger partial charge in [-0.2, -0.15) is 5.10 Å². The van der Waals surface area contributed by atoms with Crippen molar-refractivity contribution in [3.63, 3.8) is 0 Å². The number of benzene rings is 1. The minimum Gasteiger partial charge on any atom is -0.407 e. The van der Waals surface area contributed by atoms with E-state index in [-0.39, 0.29) is 17.6 Å². The van der Waals surface area contributed by atoms with Crippen LogP contribution >= 0.6 is 11.6 Å². The number of hydrogen-bond acceptors (Lipinski definition) is 3. The van der Waals surface area contributed by atoms with Crippen molar-refractivity contribution in [1.29, 1.82) is 0 Å². The molecule has 22 heavy (non-hydrogen) atoms. The van der Waals surface area contributed by atoms with Crippen molar-refractivity contribution in [2.75, 3.05) is 5.88 Å². The summed E-state index contributed by atoms with van der Waals surface area (Å²) in [5.41, 5.74) is 0.423. The highest BCUT2D eigenvalue weighted by Gasteiger charge is 2.30. The second-order valence-corrected chi connectivity index (χ2v) is 5.89. The van der Waals surface area contributed by atoms with E-state index in [2.05, 4.69) is 5.10 Å². The molecule has 0 aliphatic heterocycles. The van der Waals surface area contributed by atoms with E-state index < -0.39 is 11.4 Å². The molecule has 0 fully saturated rings. The average Bonchev–Trinajstić information content (AvgIpc) is 2.90. The van der Waals surface area contributed by atoms with Gasteiger partial charge in [-0.1, -0.05) is 13.0 Å². The van der Waals surface area contributed by atoms with Gasteiger partial charge in [-0.15, -0.1) is 11.6 Å². The SMILES string of the molecule is CCc1cc(OC(=O)C(C)(C)CCl)n(-c2cccc(F)c2)n1. The molecule has 2 rings (SSSR count). The molecule has 0 saturated heterocycles. The second kappa shape index (κ2) is 6.48. The number of halogens is 2. The highest BCUT2D eigenvalue weighted by molar-refractivity contribution is 6.19. The van der Waals surface area contributed by atoms with E-state index in [1.807, 2.05) is 6.92 Å². The van der Waals surface area contributed by atoms with Crippen molar-refractivity contribution in [3.8, 4) is 11.6 Å². The highest BCUT2D eigenvalue weighted by atomic mass is 35.5. The van der Waals surface area contributed by atoms with E-state index in [1.165, 1.54) is 16.8 Å². The molecule has 0 bridgehead atoms. The predicted molar refractivity (Wildman–Crippen MR) is 83.0 cm³/mol. The molecule has 1 aromatic carbocycles. The molecule has 0 N–H and O–H groups in total. The number of esters is 1. The Bertz CT molecular complexity index is 683. The first kappa shape index (κ1) is 16.5. The summed E-state index contributed by atoms with van der Waals surface area (Å²) in [6, 6.07) is 7.62. The maximum atomic E-state index is 13.4. The van der Waals surface area contributed by atoms with Gasteiger partial charge in [0.25, 0.3) is 0 Å². The van der Waals surface area contributed by atoms with Gasteiger partial charge in [0, 0.05) is 11.9 Å². The van der Waals surface area contributed by atoms with Gasteiger partial charge in [0.1, 0.15) is 5.82 Å². The monoisotopic (exact) mass is 324 g/mol. The van der Waals surface area contributed by atoms with Gasteiger partial charge in [0.15, 0.2) is 0 Å². The van der Waals surface area contributed by atoms with Crippen LogP contribution < -0.4 is 4.74 Å². The van der Waals surface area contributed by atoms with Crippen molar-refractivity contribution >= 4 is 17.6 Å². The zero-order chi connectivity index (χ0) is 16.3. The molecule has 2 aromatic rings. The van der Waals surface area contributed by atoms with E-state index in [4.69, 9.17) is 16.3 Å². The second-order valence-electron chi connectivity index (χ2n) is 5.63. The molecule has 118 valence electrons. The Morgan fingerprint density at radius 2 is 2.14 bits per heavy atom. The Morgan fingerprint density at radius 1 is 1.41 bits per heavy atom. The third-order valence-corrected chi connectivity index (χ3v) is 3.89. The smallest absolute Gasteiger partial charge is 0.319 e. The fourth-order valence-corrected chi connectivity index (χ4v) is 1.85. The number of ether oxygens (including phenoxy) is 1. The van der Waals surface area contributed by atoms with Crippen molar-refractivity contribution in [2.24, 2.45) is 5.41 Å². The van der Waals surface area contributed by atoms with E-state index in [1.54, 1.807) is 32.0 Å². The van der Waals surface area contributed by atoms with Crippen LogP contribution in [0.4, 0.5) is 4.39 Å². The van der Waals surface area contributed by atoms with Crippen LogP contribution in [0.3, 0.4) is 0 Å². The summed E-state index contributed by atoms with van der Waals surface area (Å²) in [4.78, 5) is 12.2. The summed E-state index contributed by atoms with van der Waals surface area (Å²) in [5.74, 6) is -0.446. The van der Waals surface area contributed by atoms with Gasteiger partial charge in [0.05, 0.1) is 16.8 Å². The normalized spacial score (nSPS) is 11.5. The molecule has 0 aliphatic carbocycles. The molecule has 0 unspecified atom stereocenters. The van der Waals surface area contributed by atoms with Crippen molar-refractivity contribution < 1.29 is 13.9 Å². The third kappa shape index (κ3) is 3.47. The summed E-state index contributed by atoms with van der Waals surface area (Å²) in [7, 11) is 0. The summed E-state index contributed by atoms with van der Waals surface area (Å²) < 4.78 is 20.3. The number of carbonyl (C=O) groups is 1. The fourth-order valence-electron chi connectivity index (χ4n) is 1.74. The molecular weight excluding hydrogens is 307 g/mol. The first-order valence-corrected chi connectivity index (χ1v) is 7.54. The van der Waals surface area contributed by atoms with Crippen LogP contribution in [-0.2, 0) is 11.2 Å². The van der Waals surface area contributed by atoms with E-state index in [0.717, 1.165) is 5.69 Å². The zero-order valence-electron chi connectivity index (χ0n) is 12.8. The molecule has 0 atom stereocenters. The average molecular weight is 325 g/mol. The lowest BCUT2D eigenvalue weighted by Gasteiger charge is -2.19. The molecule has 1 aromatic heterocycles. The van der Waals surface area contributed by atoms with Crippen LogP contribution in [-0.4, -0.2) is 21.6 Å². The molecule has 0 spiro atoms. The molecule has 0 amide bonds. The van der Waals surface area contributed by atoms with E-state index in [0.29, 0.717) is 12.1 Å². The van der Waals surface area contributed by atoms with Crippen LogP contribution in [0.1, 0.15) is 26.5 Å². The lowest BCUT2D eigenvalue weighted by atomic mass is 9.97. The van der Waals surface area contributed by atoms with Gasteiger partial charge >= 0.3 is 5.97 Å². The van der Waals surface area contributed by atoms with Gasteiger partial charge < -0.3 is 4.74 Å². The molecule has 0 radical (unpaired) electrons. The Kier molecular flexibility index (Phi) is 4.86. The van der Waals surface area contributed by atoms with Gasteiger partial charge in [-0.3, -0.25) is 4.79 Å². The lowest BCUT2D eigenvalue weighted by molar-refractivity contribution is -0.143. The number of carbonyl (C=O) groups excluding carboxylic acids is 1. The number of alkyl halides is 1. The Labute approximate surface area is 133 Å². The summed E-state index contributed by atoms with van der Waals surface area (Å²) in [5, 5.41) is 4.34. The molecule has 4 nitrogen and oxygen atoms in total. The summed E-state index contributed by atoms with van der Waals surface area (Å²) in [6.07, 6.45) is 0.672. The van der Waals surface area contributed by atoms with Crippen molar-refractivity contribution in [3.05, 3.63) is 41.8 Å². The lowest BCUT2D eigenvalue weighted by Crippen LogP contribution is -2.31. The first-order valence-electron chi connectivity index (χ1n) is 7.00. The van der Waals surface area contributed by atoms with Crippen molar-refractivity contribution in [2.45, 2.75) is 27.2 Å². The molecule has 0 aliphatic rings. The van der Waals surface area contributed by atoms with Crippen LogP contribution in [0.2, 0.25) is 0 Å². The Balaban J connectivity index is 2.39. The number of rotatable bonds is 5. The maximum Gasteiger partial charge on any atom is 0.319 e. The topological polar surface area (TPSA) is 44.1 Å². The standard InChI is InChI=1S/C16H18ClFN2O2/c1-4-12-9-14(22-15(21)16(2,3)10-17)20(19-12)13-7-5-6-11(18)8-13/h5-9H,4,10H2,1-3H3. The van der Waals surface area contributed by atoms with Crippen molar-refractivity contribution in [1.82, 2.24) is 9.78 Å². The van der Waals surface area contributed by atoms with Gasteiger partial charge in [-0.25, -0.2) is 9.07 Å². The Hall–Kier alpha value is -1.88. The third-order valence-electron chi connectivity index (χ3n) is 3.23. The highest BCUT2D eigenvalue weighted by Crippen LogP contribution is 2.25. The van der Waals surface area contributed by atoms with Crippen LogP contribution in [0, 0.1) is 11.2 Å². The molecule has 6 heteroatoms. The number of aromatic nitrogens is 2. The van der Waals surface area contributed by atoms with E-state index in [9.17, 15) is 9.18 Å². The molecule has 0 saturated carbocycles. The summed E-state index contributed by atoms with van der Waals surface area (Å²) >= 11 is 5.79. The van der Waals surface area contributed by atoms with Gasteiger partial charge in [0.2, 0.25) is 5.88 Å². The summed E-state index contributed by atoms with van der Waals surface area (Å²) in [6.45, 7) is 5.34. The number of aryl methyl sites for hydroxylation is 1. The number of nitrogens with zero attached hydrogens (tertiary/aromatic N) is 2. The van der Waals surface area contributed by atoms with Crippen LogP contribution in [0.15, 0.2) is 30.3 Å². The molecular formula is C16H18ClFN2O2. The largest absolute Gasteiger partial charge is 0.407 e. The maximum absolute atomic E-state index is 13.4. The minimum atomic E-state index is -0.815. The van der Waals surface area contributed by atoms with Gasteiger partial charge in [-0.05, 0) is 38.5 Å². The Morgan fingerprint density at radius 3 is 2.73 bits per heavy atom. The predicted octanol–water partition coefficient (Wildman–Crippen LogP) is 3.74. The minimum absolute atomic E-state index is 0.139.